The number of rotatable bonds is 6. The van der Waals surface area contributed by atoms with Crippen molar-refractivity contribution in [1.29, 1.82) is 0 Å². The van der Waals surface area contributed by atoms with E-state index >= 15 is 0 Å². The molecule has 0 aliphatic carbocycles. The van der Waals surface area contributed by atoms with Crippen molar-refractivity contribution in [3.8, 4) is 5.75 Å². The molecule has 1 N–H and O–H groups in total. The summed E-state index contributed by atoms with van der Waals surface area (Å²) >= 11 is 0. The molecule has 126 valence electrons. The first-order valence-corrected chi connectivity index (χ1v) is 8.75. The van der Waals surface area contributed by atoms with Gasteiger partial charge in [0, 0.05) is 12.1 Å². The fourth-order valence-electron chi connectivity index (χ4n) is 2.08. The van der Waals surface area contributed by atoms with Gasteiger partial charge >= 0.3 is 10.1 Å². The second-order valence-corrected chi connectivity index (χ2v) is 6.84. The first-order valence-electron chi connectivity index (χ1n) is 7.34. The van der Waals surface area contributed by atoms with Gasteiger partial charge in [-0.3, -0.25) is 4.79 Å². The Bertz CT molecular complexity index is 855. The van der Waals surface area contributed by atoms with E-state index in [9.17, 15) is 13.2 Å². The molecule has 0 unspecified atom stereocenters. The maximum Gasteiger partial charge on any atom is 0.339 e. The van der Waals surface area contributed by atoms with Crippen LogP contribution in [-0.4, -0.2) is 20.9 Å². The van der Waals surface area contributed by atoms with E-state index < -0.39 is 10.1 Å². The number of hydrogen-bond donors (Lipinski definition) is 1. The molecule has 2 aromatic rings. The normalized spacial score (nSPS) is 10.9. The third-order valence-corrected chi connectivity index (χ3v) is 4.73. The van der Waals surface area contributed by atoms with Crippen molar-refractivity contribution in [1.82, 2.24) is 5.32 Å². The molecule has 0 fully saturated rings. The Hall–Kier alpha value is -2.60. The molecule has 0 aliphatic rings. The van der Waals surface area contributed by atoms with Crippen LogP contribution in [0, 0.1) is 13.8 Å². The zero-order valence-corrected chi connectivity index (χ0v) is 14.4. The molecule has 0 atom stereocenters. The van der Waals surface area contributed by atoms with Crippen LogP contribution in [-0.2, 0) is 10.1 Å². The standard InChI is InChI=1S/C18H19NO4S/c1-4-11-19-18(20)15-7-9-16(10-8-15)23-24(21,22)17-12-13(2)5-6-14(17)3/h4-10,12H,1,11H2,2-3H3,(H,19,20). The number of amides is 1. The Morgan fingerprint density at radius 1 is 1.17 bits per heavy atom. The molecule has 0 saturated heterocycles. The number of carbonyl (C=O) groups excluding carboxylic acids is 1. The molecule has 0 radical (unpaired) electrons. The lowest BCUT2D eigenvalue weighted by Gasteiger charge is -2.10. The van der Waals surface area contributed by atoms with Gasteiger partial charge in [-0.05, 0) is 55.3 Å². The van der Waals surface area contributed by atoms with Crippen LogP contribution in [0.15, 0.2) is 60.0 Å². The molecule has 6 heteroatoms. The topological polar surface area (TPSA) is 72.5 Å². The van der Waals surface area contributed by atoms with E-state index in [1.807, 2.05) is 13.0 Å². The number of carbonyl (C=O) groups is 1. The first-order chi connectivity index (χ1) is 11.3. The van der Waals surface area contributed by atoms with E-state index in [0.29, 0.717) is 17.7 Å². The monoisotopic (exact) mass is 345 g/mol. The molecular formula is C18H19NO4S. The van der Waals surface area contributed by atoms with Crippen LogP contribution >= 0.6 is 0 Å². The van der Waals surface area contributed by atoms with Gasteiger partial charge in [0.2, 0.25) is 0 Å². The summed E-state index contributed by atoms with van der Waals surface area (Å²) in [6, 6.07) is 11.1. The fourth-order valence-corrected chi connectivity index (χ4v) is 3.32. The Kier molecular flexibility index (Phi) is 5.41. The van der Waals surface area contributed by atoms with E-state index in [0.717, 1.165) is 5.56 Å². The van der Waals surface area contributed by atoms with Gasteiger partial charge in [0.05, 0.1) is 0 Å². The minimum absolute atomic E-state index is 0.135. The zero-order chi connectivity index (χ0) is 17.7. The van der Waals surface area contributed by atoms with E-state index in [2.05, 4.69) is 11.9 Å². The third kappa shape index (κ3) is 4.23. The van der Waals surface area contributed by atoms with Crippen LogP contribution in [0.25, 0.3) is 0 Å². The third-order valence-electron chi connectivity index (χ3n) is 3.34. The number of aryl methyl sites for hydroxylation is 2. The van der Waals surface area contributed by atoms with Crippen molar-refractivity contribution in [2.24, 2.45) is 0 Å². The van der Waals surface area contributed by atoms with Crippen molar-refractivity contribution in [2.45, 2.75) is 18.7 Å². The predicted molar refractivity (Wildman–Crippen MR) is 92.7 cm³/mol. The molecule has 2 aromatic carbocycles. The highest BCUT2D eigenvalue weighted by molar-refractivity contribution is 7.87. The summed E-state index contributed by atoms with van der Waals surface area (Å²) in [7, 11) is -3.93. The van der Waals surface area contributed by atoms with E-state index in [1.54, 1.807) is 25.1 Å². The second kappa shape index (κ2) is 7.31. The Labute approximate surface area is 142 Å². The van der Waals surface area contributed by atoms with Crippen LogP contribution in [0.2, 0.25) is 0 Å². The van der Waals surface area contributed by atoms with Gasteiger partial charge in [-0.2, -0.15) is 8.42 Å². The SMILES string of the molecule is C=CCNC(=O)c1ccc(OS(=O)(=O)c2cc(C)ccc2C)cc1. The van der Waals surface area contributed by atoms with E-state index in [4.69, 9.17) is 4.18 Å². The summed E-state index contributed by atoms with van der Waals surface area (Å²) in [5.41, 5.74) is 1.85. The molecule has 0 aliphatic heterocycles. The van der Waals surface area contributed by atoms with Crippen molar-refractivity contribution < 1.29 is 17.4 Å². The molecule has 0 spiro atoms. The molecule has 0 bridgehead atoms. The van der Waals surface area contributed by atoms with Gasteiger partial charge in [0.1, 0.15) is 10.6 Å². The minimum atomic E-state index is -3.93. The Morgan fingerprint density at radius 3 is 2.46 bits per heavy atom. The average molecular weight is 345 g/mol. The van der Waals surface area contributed by atoms with Crippen molar-refractivity contribution in [3.63, 3.8) is 0 Å². The maximum absolute atomic E-state index is 12.4. The lowest BCUT2D eigenvalue weighted by atomic mass is 10.2. The summed E-state index contributed by atoms with van der Waals surface area (Å²) in [6.07, 6.45) is 1.58. The predicted octanol–water partition coefficient (Wildman–Crippen LogP) is 2.99. The maximum atomic E-state index is 12.4. The summed E-state index contributed by atoms with van der Waals surface area (Å²) < 4.78 is 30.0. The second-order valence-electron chi connectivity index (χ2n) is 5.33. The summed E-state index contributed by atoms with van der Waals surface area (Å²) in [4.78, 5) is 11.9. The Morgan fingerprint density at radius 2 is 1.83 bits per heavy atom. The molecule has 1 amide bonds. The smallest absolute Gasteiger partial charge is 0.339 e. The number of nitrogens with one attached hydrogen (secondary N) is 1. The fraction of sp³-hybridized carbons (Fsp3) is 0.167. The molecule has 2 rings (SSSR count). The molecule has 0 saturated carbocycles. The lowest BCUT2D eigenvalue weighted by molar-refractivity contribution is 0.0958. The van der Waals surface area contributed by atoms with Crippen molar-refractivity contribution >= 4 is 16.0 Å². The summed E-state index contributed by atoms with van der Waals surface area (Å²) in [5.74, 6) is -0.116. The van der Waals surface area contributed by atoms with Crippen LogP contribution in [0.1, 0.15) is 21.5 Å². The van der Waals surface area contributed by atoms with Gasteiger partial charge in [-0.15, -0.1) is 6.58 Å². The van der Waals surface area contributed by atoms with Gasteiger partial charge in [-0.1, -0.05) is 18.2 Å². The largest absolute Gasteiger partial charge is 0.379 e. The van der Waals surface area contributed by atoms with Gasteiger partial charge in [-0.25, -0.2) is 0 Å². The summed E-state index contributed by atoms with van der Waals surface area (Å²) in [5, 5.41) is 2.64. The van der Waals surface area contributed by atoms with Crippen LogP contribution in [0.5, 0.6) is 5.75 Å². The first kappa shape index (κ1) is 17.7. The quantitative estimate of drug-likeness (QED) is 0.645. The van der Waals surface area contributed by atoms with Crippen molar-refractivity contribution in [2.75, 3.05) is 6.54 Å². The highest BCUT2D eigenvalue weighted by atomic mass is 32.2. The molecule has 24 heavy (non-hydrogen) atoms. The average Bonchev–Trinajstić information content (AvgIpc) is 2.55. The minimum Gasteiger partial charge on any atom is -0.379 e. The zero-order valence-electron chi connectivity index (χ0n) is 13.6. The highest BCUT2D eigenvalue weighted by Gasteiger charge is 2.19. The summed E-state index contributed by atoms with van der Waals surface area (Å²) in [6.45, 7) is 7.41. The molecule has 5 nitrogen and oxygen atoms in total. The Balaban J connectivity index is 2.20. The number of hydrogen-bond acceptors (Lipinski definition) is 4. The van der Waals surface area contributed by atoms with Crippen LogP contribution in [0.3, 0.4) is 0 Å². The van der Waals surface area contributed by atoms with Gasteiger partial charge in [0.15, 0.2) is 0 Å². The molecule has 0 heterocycles. The van der Waals surface area contributed by atoms with Gasteiger partial charge < -0.3 is 9.50 Å². The van der Waals surface area contributed by atoms with E-state index in [1.165, 1.54) is 24.3 Å². The van der Waals surface area contributed by atoms with E-state index in [-0.39, 0.29) is 16.6 Å². The van der Waals surface area contributed by atoms with Crippen molar-refractivity contribution in [3.05, 3.63) is 71.8 Å². The lowest BCUT2D eigenvalue weighted by Crippen LogP contribution is -2.23. The highest BCUT2D eigenvalue weighted by Crippen LogP contribution is 2.22. The van der Waals surface area contributed by atoms with Gasteiger partial charge in [0.25, 0.3) is 5.91 Å². The molecular weight excluding hydrogens is 326 g/mol. The molecule has 0 aromatic heterocycles. The van der Waals surface area contributed by atoms with Crippen LogP contribution < -0.4 is 9.50 Å². The van der Waals surface area contributed by atoms with Crippen LogP contribution in [0.4, 0.5) is 0 Å². The number of benzene rings is 2.